The molecule has 0 aliphatic carbocycles. The van der Waals surface area contributed by atoms with Crippen LogP contribution >= 0.6 is 0 Å². The van der Waals surface area contributed by atoms with Gasteiger partial charge in [-0.3, -0.25) is 4.79 Å². The SMILES string of the molecule is Cc1cccc(NC(=O)C(C)Oc2ccc(C3=CCN(C(N)=O)CC3)cc2)c1. The Morgan fingerprint density at radius 2 is 1.93 bits per heavy atom. The first-order valence-electron chi connectivity index (χ1n) is 9.30. The molecule has 0 spiro atoms. The number of benzene rings is 2. The van der Waals surface area contributed by atoms with Crippen LogP contribution in [0.5, 0.6) is 5.75 Å². The Hall–Kier alpha value is -3.28. The van der Waals surface area contributed by atoms with Crippen LogP contribution < -0.4 is 15.8 Å². The third-order valence-electron chi connectivity index (χ3n) is 4.71. The molecular weight excluding hydrogens is 354 g/mol. The van der Waals surface area contributed by atoms with Crippen molar-refractivity contribution < 1.29 is 14.3 Å². The first-order valence-corrected chi connectivity index (χ1v) is 9.30. The zero-order valence-corrected chi connectivity index (χ0v) is 16.1. The molecule has 146 valence electrons. The standard InChI is InChI=1S/C22H25N3O3/c1-15-4-3-5-19(14-15)24-21(26)16(2)28-20-8-6-17(7-9-20)18-10-12-25(13-11-18)22(23)27/h3-10,14,16H,11-13H2,1-2H3,(H2,23,27)(H,24,26). The highest BCUT2D eigenvalue weighted by Crippen LogP contribution is 2.25. The lowest BCUT2D eigenvalue weighted by Gasteiger charge is -2.25. The number of amides is 3. The maximum absolute atomic E-state index is 12.3. The molecule has 0 saturated carbocycles. The fraction of sp³-hybridized carbons (Fsp3) is 0.273. The maximum Gasteiger partial charge on any atom is 0.315 e. The van der Waals surface area contributed by atoms with Gasteiger partial charge in [0.25, 0.3) is 5.91 Å². The normalized spacial score (nSPS) is 14.8. The smallest absolute Gasteiger partial charge is 0.315 e. The van der Waals surface area contributed by atoms with Gasteiger partial charge < -0.3 is 20.7 Å². The second-order valence-corrected chi connectivity index (χ2v) is 6.91. The van der Waals surface area contributed by atoms with Crippen LogP contribution in [0.2, 0.25) is 0 Å². The van der Waals surface area contributed by atoms with Gasteiger partial charge in [0.1, 0.15) is 5.75 Å². The number of ether oxygens (including phenoxy) is 1. The van der Waals surface area contributed by atoms with Gasteiger partial charge in [0.2, 0.25) is 0 Å². The van der Waals surface area contributed by atoms with Gasteiger partial charge in [-0.05, 0) is 61.2 Å². The number of primary amides is 1. The highest BCUT2D eigenvalue weighted by molar-refractivity contribution is 5.94. The molecule has 0 bridgehead atoms. The molecule has 3 amide bonds. The third kappa shape index (κ3) is 4.91. The highest BCUT2D eigenvalue weighted by atomic mass is 16.5. The predicted octanol–water partition coefficient (Wildman–Crippen LogP) is 3.57. The number of anilines is 1. The lowest BCUT2D eigenvalue weighted by Crippen LogP contribution is -2.38. The fourth-order valence-corrected chi connectivity index (χ4v) is 3.10. The average molecular weight is 379 g/mol. The van der Waals surface area contributed by atoms with Crippen molar-refractivity contribution in [2.75, 3.05) is 18.4 Å². The zero-order chi connectivity index (χ0) is 20.1. The van der Waals surface area contributed by atoms with Crippen molar-refractivity contribution in [3.63, 3.8) is 0 Å². The molecular formula is C22H25N3O3. The maximum atomic E-state index is 12.3. The molecule has 1 atom stereocenters. The summed E-state index contributed by atoms with van der Waals surface area (Å²) in [5.74, 6) is 0.432. The van der Waals surface area contributed by atoms with Gasteiger partial charge >= 0.3 is 6.03 Å². The van der Waals surface area contributed by atoms with E-state index in [-0.39, 0.29) is 5.91 Å². The van der Waals surface area contributed by atoms with Crippen molar-refractivity contribution in [3.05, 3.63) is 65.7 Å². The molecule has 3 N–H and O–H groups in total. The van der Waals surface area contributed by atoms with Crippen LogP contribution in [0.25, 0.3) is 5.57 Å². The van der Waals surface area contributed by atoms with Gasteiger partial charge in [0, 0.05) is 18.8 Å². The molecule has 0 saturated heterocycles. The van der Waals surface area contributed by atoms with Crippen LogP contribution in [0, 0.1) is 6.92 Å². The van der Waals surface area contributed by atoms with E-state index in [9.17, 15) is 9.59 Å². The van der Waals surface area contributed by atoms with Gasteiger partial charge in [0.15, 0.2) is 6.10 Å². The Labute approximate surface area is 165 Å². The summed E-state index contributed by atoms with van der Waals surface area (Å²) in [5.41, 5.74) is 9.39. The lowest BCUT2D eigenvalue weighted by molar-refractivity contribution is -0.122. The molecule has 2 aromatic rings. The van der Waals surface area contributed by atoms with E-state index in [1.807, 2.05) is 61.5 Å². The van der Waals surface area contributed by atoms with Gasteiger partial charge in [0.05, 0.1) is 0 Å². The molecule has 1 aliphatic rings. The zero-order valence-electron chi connectivity index (χ0n) is 16.1. The molecule has 0 fully saturated rings. The second-order valence-electron chi connectivity index (χ2n) is 6.91. The summed E-state index contributed by atoms with van der Waals surface area (Å²) in [4.78, 5) is 25.1. The fourth-order valence-electron chi connectivity index (χ4n) is 3.10. The van der Waals surface area contributed by atoms with Crippen molar-refractivity contribution in [3.8, 4) is 5.75 Å². The largest absolute Gasteiger partial charge is 0.481 e. The minimum atomic E-state index is -0.621. The van der Waals surface area contributed by atoms with Crippen molar-refractivity contribution in [2.24, 2.45) is 5.73 Å². The summed E-state index contributed by atoms with van der Waals surface area (Å²) in [5, 5.41) is 2.86. The molecule has 0 aromatic heterocycles. The Morgan fingerprint density at radius 3 is 2.54 bits per heavy atom. The number of urea groups is 1. The first kappa shape index (κ1) is 19.5. The Balaban J connectivity index is 1.58. The number of aryl methyl sites for hydroxylation is 1. The van der Waals surface area contributed by atoms with Gasteiger partial charge in [-0.1, -0.05) is 30.3 Å². The van der Waals surface area contributed by atoms with E-state index in [1.54, 1.807) is 11.8 Å². The van der Waals surface area contributed by atoms with E-state index in [0.29, 0.717) is 18.8 Å². The van der Waals surface area contributed by atoms with E-state index >= 15 is 0 Å². The molecule has 1 unspecified atom stereocenters. The van der Waals surface area contributed by atoms with E-state index in [1.165, 1.54) is 5.57 Å². The van der Waals surface area contributed by atoms with E-state index in [0.717, 1.165) is 23.2 Å². The summed E-state index contributed by atoms with van der Waals surface area (Å²) in [7, 11) is 0. The molecule has 28 heavy (non-hydrogen) atoms. The number of nitrogens with two attached hydrogens (primary N) is 1. The third-order valence-corrected chi connectivity index (χ3v) is 4.71. The first-order chi connectivity index (χ1) is 13.4. The van der Waals surface area contributed by atoms with Gasteiger partial charge in [-0.15, -0.1) is 0 Å². The quantitative estimate of drug-likeness (QED) is 0.833. The van der Waals surface area contributed by atoms with Crippen LogP contribution in [0.15, 0.2) is 54.6 Å². The van der Waals surface area contributed by atoms with Crippen molar-refractivity contribution >= 4 is 23.2 Å². The number of hydrogen-bond acceptors (Lipinski definition) is 3. The minimum Gasteiger partial charge on any atom is -0.481 e. The van der Waals surface area contributed by atoms with E-state index in [2.05, 4.69) is 5.32 Å². The van der Waals surface area contributed by atoms with Crippen molar-refractivity contribution in [2.45, 2.75) is 26.4 Å². The van der Waals surface area contributed by atoms with Crippen LogP contribution in [0.4, 0.5) is 10.5 Å². The molecule has 3 rings (SSSR count). The predicted molar refractivity (Wildman–Crippen MR) is 110 cm³/mol. The summed E-state index contributed by atoms with van der Waals surface area (Å²) in [6.45, 7) is 4.85. The summed E-state index contributed by atoms with van der Waals surface area (Å²) in [6.07, 6.45) is 2.16. The number of nitrogens with one attached hydrogen (secondary N) is 1. The molecule has 6 nitrogen and oxygen atoms in total. The summed E-state index contributed by atoms with van der Waals surface area (Å²) in [6, 6.07) is 14.9. The van der Waals surface area contributed by atoms with Gasteiger partial charge in [-0.25, -0.2) is 4.79 Å². The number of rotatable bonds is 5. The average Bonchev–Trinajstić information content (AvgIpc) is 2.68. The van der Waals surface area contributed by atoms with E-state index < -0.39 is 12.1 Å². The van der Waals surface area contributed by atoms with E-state index in [4.69, 9.17) is 10.5 Å². The number of carbonyl (C=O) groups is 2. The second kappa shape index (κ2) is 8.61. The number of carbonyl (C=O) groups excluding carboxylic acids is 2. The monoisotopic (exact) mass is 379 g/mol. The number of hydrogen-bond donors (Lipinski definition) is 2. The van der Waals surface area contributed by atoms with Crippen LogP contribution in [0.1, 0.15) is 24.5 Å². The summed E-state index contributed by atoms with van der Waals surface area (Å²) < 4.78 is 5.77. The topological polar surface area (TPSA) is 84.7 Å². The molecule has 0 radical (unpaired) electrons. The van der Waals surface area contributed by atoms with Gasteiger partial charge in [-0.2, -0.15) is 0 Å². The molecule has 2 aromatic carbocycles. The van der Waals surface area contributed by atoms with Crippen LogP contribution in [-0.2, 0) is 4.79 Å². The lowest BCUT2D eigenvalue weighted by atomic mass is 9.99. The molecule has 6 heteroatoms. The Morgan fingerprint density at radius 1 is 1.18 bits per heavy atom. The Kier molecular flexibility index (Phi) is 5.99. The molecule has 1 heterocycles. The van der Waals surface area contributed by atoms with Crippen LogP contribution in [0.3, 0.4) is 0 Å². The summed E-state index contributed by atoms with van der Waals surface area (Å²) >= 11 is 0. The van der Waals surface area contributed by atoms with Crippen LogP contribution in [-0.4, -0.2) is 36.0 Å². The van der Waals surface area contributed by atoms with Crippen molar-refractivity contribution in [1.82, 2.24) is 4.90 Å². The number of nitrogens with zero attached hydrogens (tertiary/aromatic N) is 1. The highest BCUT2D eigenvalue weighted by Gasteiger charge is 2.17. The van der Waals surface area contributed by atoms with Crippen molar-refractivity contribution in [1.29, 1.82) is 0 Å². The Bertz CT molecular complexity index is 890. The minimum absolute atomic E-state index is 0.198. The molecule has 1 aliphatic heterocycles.